The fraction of sp³-hybridized carbons (Fsp3) is 0.158. The maximum Gasteiger partial charge on any atom is 0.277 e. The van der Waals surface area contributed by atoms with Gasteiger partial charge in [0.2, 0.25) is 5.89 Å². The van der Waals surface area contributed by atoms with Gasteiger partial charge < -0.3 is 9.73 Å². The molecule has 23 heavy (non-hydrogen) atoms. The van der Waals surface area contributed by atoms with E-state index in [1.165, 1.54) is 0 Å². The number of carbonyl (C=O) groups excluding carboxylic acids is 1. The molecular weight excluding hydrogens is 288 g/mol. The van der Waals surface area contributed by atoms with Crippen molar-refractivity contribution in [3.8, 4) is 11.5 Å². The van der Waals surface area contributed by atoms with Gasteiger partial charge in [-0.15, -0.1) is 0 Å². The molecule has 3 rings (SSSR count). The number of amides is 1. The largest absolute Gasteiger partial charge is 0.441 e. The highest BCUT2D eigenvalue weighted by atomic mass is 16.4. The molecular formula is C19H18N2O2. The van der Waals surface area contributed by atoms with Gasteiger partial charge in [0.05, 0.1) is 0 Å². The molecule has 0 fully saturated rings. The van der Waals surface area contributed by atoms with Crippen molar-refractivity contribution in [3.05, 3.63) is 71.1 Å². The van der Waals surface area contributed by atoms with E-state index in [-0.39, 0.29) is 5.91 Å². The zero-order chi connectivity index (χ0) is 16.4. The molecule has 0 saturated heterocycles. The fourth-order valence-corrected chi connectivity index (χ4v) is 2.55. The average molecular weight is 306 g/mol. The Morgan fingerprint density at radius 2 is 1.65 bits per heavy atom. The van der Waals surface area contributed by atoms with Gasteiger partial charge in [-0.2, -0.15) is 0 Å². The van der Waals surface area contributed by atoms with Crippen LogP contribution in [0.4, 0.5) is 5.69 Å². The van der Waals surface area contributed by atoms with Crippen molar-refractivity contribution in [1.29, 1.82) is 0 Å². The number of aryl methyl sites for hydroxylation is 3. The third kappa shape index (κ3) is 3.31. The predicted molar refractivity (Wildman–Crippen MR) is 90.5 cm³/mol. The number of hydrogen-bond donors (Lipinski definition) is 1. The SMILES string of the molecule is Cc1cc(C)cc(NC(=O)c2nc(-c3ccccc3)oc2C)c1. The van der Waals surface area contributed by atoms with Crippen LogP contribution >= 0.6 is 0 Å². The number of aromatic nitrogens is 1. The number of anilines is 1. The van der Waals surface area contributed by atoms with Crippen LogP contribution in [0.2, 0.25) is 0 Å². The van der Waals surface area contributed by atoms with Crippen molar-refractivity contribution in [2.75, 3.05) is 5.32 Å². The molecule has 1 amide bonds. The summed E-state index contributed by atoms with van der Waals surface area (Å²) in [6.07, 6.45) is 0. The Balaban J connectivity index is 1.87. The van der Waals surface area contributed by atoms with E-state index >= 15 is 0 Å². The molecule has 4 nitrogen and oxygen atoms in total. The van der Waals surface area contributed by atoms with Crippen LogP contribution in [0.25, 0.3) is 11.5 Å². The minimum absolute atomic E-state index is 0.265. The first-order chi connectivity index (χ1) is 11.0. The van der Waals surface area contributed by atoms with Crippen LogP contribution < -0.4 is 5.32 Å². The molecule has 0 spiro atoms. The monoisotopic (exact) mass is 306 g/mol. The highest BCUT2D eigenvalue weighted by Crippen LogP contribution is 2.22. The summed E-state index contributed by atoms with van der Waals surface area (Å²) in [6.45, 7) is 5.74. The average Bonchev–Trinajstić information content (AvgIpc) is 2.89. The van der Waals surface area contributed by atoms with Gasteiger partial charge in [0.15, 0.2) is 5.69 Å². The Labute approximate surface area is 135 Å². The van der Waals surface area contributed by atoms with Crippen LogP contribution in [-0.2, 0) is 0 Å². The number of hydrogen-bond acceptors (Lipinski definition) is 3. The standard InChI is InChI=1S/C19H18N2O2/c1-12-9-13(2)11-16(10-12)20-18(22)17-14(3)23-19(21-17)15-7-5-4-6-8-15/h4-11H,1-3H3,(H,20,22). The smallest absolute Gasteiger partial charge is 0.277 e. The first kappa shape index (κ1) is 15.0. The summed E-state index contributed by atoms with van der Waals surface area (Å²) in [5.41, 5.74) is 4.12. The lowest BCUT2D eigenvalue weighted by atomic mass is 10.1. The van der Waals surface area contributed by atoms with Gasteiger partial charge in [-0.1, -0.05) is 24.3 Å². The van der Waals surface area contributed by atoms with E-state index in [1.54, 1.807) is 6.92 Å². The van der Waals surface area contributed by atoms with Crippen LogP contribution in [0.1, 0.15) is 27.4 Å². The highest BCUT2D eigenvalue weighted by molar-refractivity contribution is 6.03. The number of carbonyl (C=O) groups is 1. The maximum absolute atomic E-state index is 12.5. The molecule has 1 heterocycles. The summed E-state index contributed by atoms with van der Waals surface area (Å²) < 4.78 is 5.64. The lowest BCUT2D eigenvalue weighted by Crippen LogP contribution is -2.13. The van der Waals surface area contributed by atoms with Gasteiger partial charge in [-0.3, -0.25) is 4.79 Å². The Bertz CT molecular complexity index is 831. The summed E-state index contributed by atoms with van der Waals surface area (Å²) in [6, 6.07) is 15.5. The molecule has 1 N–H and O–H groups in total. The Morgan fingerprint density at radius 3 is 2.30 bits per heavy atom. The lowest BCUT2D eigenvalue weighted by Gasteiger charge is -2.06. The third-order valence-corrected chi connectivity index (χ3v) is 3.51. The Morgan fingerprint density at radius 1 is 1.00 bits per heavy atom. The van der Waals surface area contributed by atoms with Gasteiger partial charge >= 0.3 is 0 Å². The van der Waals surface area contributed by atoms with Crippen molar-refractivity contribution in [2.24, 2.45) is 0 Å². The minimum Gasteiger partial charge on any atom is -0.441 e. The quantitative estimate of drug-likeness (QED) is 0.774. The zero-order valence-corrected chi connectivity index (χ0v) is 13.4. The lowest BCUT2D eigenvalue weighted by molar-refractivity contribution is 0.102. The number of nitrogens with one attached hydrogen (secondary N) is 1. The number of nitrogens with zero attached hydrogens (tertiary/aromatic N) is 1. The topological polar surface area (TPSA) is 55.1 Å². The highest BCUT2D eigenvalue weighted by Gasteiger charge is 2.18. The maximum atomic E-state index is 12.5. The molecule has 0 radical (unpaired) electrons. The van der Waals surface area contributed by atoms with Crippen LogP contribution in [-0.4, -0.2) is 10.9 Å². The van der Waals surface area contributed by atoms with Gasteiger partial charge in [0.1, 0.15) is 5.76 Å². The molecule has 0 atom stereocenters. The molecule has 0 saturated carbocycles. The summed E-state index contributed by atoms with van der Waals surface area (Å²) in [7, 11) is 0. The van der Waals surface area contributed by atoms with Crippen LogP contribution in [0.3, 0.4) is 0 Å². The molecule has 0 bridgehead atoms. The molecule has 0 aliphatic heterocycles. The van der Waals surface area contributed by atoms with Crippen LogP contribution in [0.5, 0.6) is 0 Å². The number of rotatable bonds is 3. The number of oxazole rings is 1. The van der Waals surface area contributed by atoms with Crippen molar-refractivity contribution in [3.63, 3.8) is 0 Å². The summed E-state index contributed by atoms with van der Waals surface area (Å²) in [5, 5.41) is 2.88. The van der Waals surface area contributed by atoms with E-state index in [4.69, 9.17) is 4.42 Å². The number of benzene rings is 2. The van der Waals surface area contributed by atoms with Gasteiger partial charge in [-0.25, -0.2) is 4.98 Å². The second-order valence-corrected chi connectivity index (χ2v) is 5.62. The molecule has 0 aliphatic rings. The molecule has 2 aromatic carbocycles. The van der Waals surface area contributed by atoms with E-state index in [0.29, 0.717) is 17.3 Å². The molecule has 116 valence electrons. The van der Waals surface area contributed by atoms with E-state index in [0.717, 1.165) is 22.4 Å². The van der Waals surface area contributed by atoms with Crippen molar-refractivity contribution in [1.82, 2.24) is 4.98 Å². The molecule has 0 unspecified atom stereocenters. The third-order valence-electron chi connectivity index (χ3n) is 3.51. The Hall–Kier alpha value is -2.88. The Kier molecular flexibility index (Phi) is 3.98. The van der Waals surface area contributed by atoms with Crippen LogP contribution in [0.15, 0.2) is 52.9 Å². The normalized spacial score (nSPS) is 10.6. The fourth-order valence-electron chi connectivity index (χ4n) is 2.55. The first-order valence-electron chi connectivity index (χ1n) is 7.45. The van der Waals surface area contributed by atoms with E-state index in [1.807, 2.05) is 56.3 Å². The summed E-state index contributed by atoms with van der Waals surface area (Å²) >= 11 is 0. The minimum atomic E-state index is -0.265. The summed E-state index contributed by atoms with van der Waals surface area (Å²) in [4.78, 5) is 16.8. The molecule has 0 aliphatic carbocycles. The van der Waals surface area contributed by atoms with Gasteiger partial charge in [0, 0.05) is 11.3 Å². The second kappa shape index (κ2) is 6.08. The summed E-state index contributed by atoms with van der Waals surface area (Å²) in [5.74, 6) is 0.692. The van der Waals surface area contributed by atoms with Crippen LogP contribution in [0, 0.1) is 20.8 Å². The van der Waals surface area contributed by atoms with Crippen molar-refractivity contribution in [2.45, 2.75) is 20.8 Å². The second-order valence-electron chi connectivity index (χ2n) is 5.62. The molecule has 1 aromatic heterocycles. The van der Waals surface area contributed by atoms with Gasteiger partial charge in [0.25, 0.3) is 5.91 Å². The van der Waals surface area contributed by atoms with E-state index < -0.39 is 0 Å². The molecule has 4 heteroatoms. The molecule has 3 aromatic rings. The van der Waals surface area contributed by atoms with Crippen molar-refractivity contribution >= 4 is 11.6 Å². The first-order valence-corrected chi connectivity index (χ1v) is 7.45. The van der Waals surface area contributed by atoms with Crippen molar-refractivity contribution < 1.29 is 9.21 Å². The zero-order valence-electron chi connectivity index (χ0n) is 13.4. The van der Waals surface area contributed by atoms with E-state index in [2.05, 4.69) is 16.4 Å². The van der Waals surface area contributed by atoms with E-state index in [9.17, 15) is 4.79 Å². The van der Waals surface area contributed by atoms with Gasteiger partial charge in [-0.05, 0) is 56.2 Å². The predicted octanol–water partition coefficient (Wildman–Crippen LogP) is 4.52.